The normalized spacial score (nSPS) is 18.9. The number of hydrogen-bond donors (Lipinski definition) is 2. The van der Waals surface area contributed by atoms with Gasteiger partial charge in [0.1, 0.15) is 0 Å². The van der Waals surface area contributed by atoms with Crippen LogP contribution in [-0.2, 0) is 11.2 Å². The maximum absolute atomic E-state index is 12.2. The molecule has 0 atom stereocenters. The Morgan fingerprint density at radius 3 is 2.85 bits per heavy atom. The minimum absolute atomic E-state index is 0.00281. The molecule has 4 heteroatoms. The summed E-state index contributed by atoms with van der Waals surface area (Å²) in [6, 6.07) is 5.43. The van der Waals surface area contributed by atoms with Crippen LogP contribution in [0.5, 0.6) is 0 Å². The first-order valence-corrected chi connectivity index (χ1v) is 7.33. The number of amides is 2. The molecule has 0 bridgehead atoms. The third-order valence-corrected chi connectivity index (χ3v) is 4.79. The van der Waals surface area contributed by atoms with Crippen molar-refractivity contribution in [1.82, 2.24) is 5.32 Å². The molecule has 4 nitrogen and oxygen atoms in total. The van der Waals surface area contributed by atoms with Gasteiger partial charge in [-0.15, -0.1) is 0 Å². The maximum atomic E-state index is 12.2. The van der Waals surface area contributed by atoms with E-state index in [9.17, 15) is 9.59 Å². The molecule has 2 amide bonds. The van der Waals surface area contributed by atoms with E-state index in [1.54, 1.807) is 12.1 Å². The molecule has 2 aliphatic rings. The fourth-order valence-electron chi connectivity index (χ4n) is 3.06. The Kier molecular flexibility index (Phi) is 3.24. The summed E-state index contributed by atoms with van der Waals surface area (Å²) in [5, 5.41) is 5.82. The van der Waals surface area contributed by atoms with Crippen LogP contribution in [0.25, 0.3) is 0 Å². The fraction of sp³-hybridized carbons (Fsp3) is 0.500. The molecular weight excluding hydrogens is 252 g/mol. The van der Waals surface area contributed by atoms with Gasteiger partial charge in [0, 0.05) is 17.8 Å². The summed E-state index contributed by atoms with van der Waals surface area (Å²) in [5.41, 5.74) is 2.68. The van der Waals surface area contributed by atoms with Crippen molar-refractivity contribution in [2.24, 2.45) is 5.41 Å². The molecule has 20 heavy (non-hydrogen) atoms. The van der Waals surface area contributed by atoms with E-state index in [0.29, 0.717) is 17.4 Å². The number of fused-ring (bicyclic) bond motifs is 1. The average molecular weight is 272 g/mol. The molecule has 1 aliphatic carbocycles. The molecule has 106 valence electrons. The molecule has 0 radical (unpaired) electrons. The van der Waals surface area contributed by atoms with Crippen LogP contribution in [0.1, 0.15) is 48.5 Å². The van der Waals surface area contributed by atoms with E-state index in [1.165, 1.54) is 19.3 Å². The van der Waals surface area contributed by atoms with Gasteiger partial charge < -0.3 is 10.6 Å². The molecule has 1 aromatic rings. The summed E-state index contributed by atoms with van der Waals surface area (Å²) in [4.78, 5) is 23.5. The van der Waals surface area contributed by atoms with Crippen molar-refractivity contribution >= 4 is 17.5 Å². The van der Waals surface area contributed by atoms with Gasteiger partial charge in [-0.25, -0.2) is 0 Å². The van der Waals surface area contributed by atoms with Crippen molar-refractivity contribution in [3.63, 3.8) is 0 Å². The first kappa shape index (κ1) is 13.2. The van der Waals surface area contributed by atoms with Crippen LogP contribution in [0, 0.1) is 5.41 Å². The highest BCUT2D eigenvalue weighted by Crippen LogP contribution is 2.43. The Morgan fingerprint density at radius 2 is 2.20 bits per heavy atom. The number of carbonyl (C=O) groups excluding carboxylic acids is 2. The number of rotatable bonds is 4. The number of nitrogens with one attached hydrogen (secondary N) is 2. The van der Waals surface area contributed by atoms with E-state index in [4.69, 9.17) is 0 Å². The topological polar surface area (TPSA) is 58.2 Å². The highest BCUT2D eigenvalue weighted by Gasteiger charge is 2.35. The summed E-state index contributed by atoms with van der Waals surface area (Å²) in [6.07, 6.45) is 5.23. The molecule has 0 spiro atoms. The minimum atomic E-state index is -0.0475. The maximum Gasteiger partial charge on any atom is 0.251 e. The molecule has 1 heterocycles. The van der Waals surface area contributed by atoms with E-state index in [1.807, 2.05) is 6.07 Å². The van der Waals surface area contributed by atoms with Gasteiger partial charge in [-0.3, -0.25) is 9.59 Å². The van der Waals surface area contributed by atoms with Crippen molar-refractivity contribution in [2.45, 2.75) is 39.0 Å². The number of anilines is 1. The van der Waals surface area contributed by atoms with E-state index >= 15 is 0 Å². The molecule has 0 saturated heterocycles. The highest BCUT2D eigenvalue weighted by atomic mass is 16.2. The van der Waals surface area contributed by atoms with Crippen LogP contribution in [0.2, 0.25) is 0 Å². The van der Waals surface area contributed by atoms with Gasteiger partial charge in [-0.2, -0.15) is 0 Å². The van der Waals surface area contributed by atoms with Gasteiger partial charge >= 0.3 is 0 Å². The van der Waals surface area contributed by atoms with Crippen LogP contribution in [-0.4, -0.2) is 18.4 Å². The lowest BCUT2D eigenvalue weighted by atomic mass is 9.67. The second kappa shape index (κ2) is 4.93. The minimum Gasteiger partial charge on any atom is -0.351 e. The second-order valence-electron chi connectivity index (χ2n) is 5.99. The molecule has 0 aromatic heterocycles. The zero-order chi connectivity index (χ0) is 14.2. The van der Waals surface area contributed by atoms with Crippen LogP contribution < -0.4 is 10.6 Å². The van der Waals surface area contributed by atoms with Gasteiger partial charge in [-0.05, 0) is 42.4 Å². The Bertz CT molecular complexity index is 556. The molecule has 1 aromatic carbocycles. The lowest BCUT2D eigenvalue weighted by Crippen LogP contribution is -2.41. The summed E-state index contributed by atoms with van der Waals surface area (Å²) in [5.74, 6) is -0.0503. The fourth-order valence-corrected chi connectivity index (χ4v) is 3.06. The Balaban J connectivity index is 1.66. The monoisotopic (exact) mass is 272 g/mol. The molecule has 1 saturated carbocycles. The van der Waals surface area contributed by atoms with E-state index < -0.39 is 0 Å². The molecule has 3 rings (SSSR count). The van der Waals surface area contributed by atoms with Crippen molar-refractivity contribution in [3.8, 4) is 0 Å². The first-order chi connectivity index (χ1) is 9.62. The number of hydrogen-bond acceptors (Lipinski definition) is 2. The predicted molar refractivity (Wildman–Crippen MR) is 77.7 cm³/mol. The van der Waals surface area contributed by atoms with Crippen molar-refractivity contribution < 1.29 is 9.59 Å². The lowest BCUT2D eigenvalue weighted by Gasteiger charge is -2.41. The molecule has 1 fully saturated rings. The summed E-state index contributed by atoms with van der Waals surface area (Å²) >= 11 is 0. The van der Waals surface area contributed by atoms with E-state index in [0.717, 1.165) is 24.2 Å². The largest absolute Gasteiger partial charge is 0.351 e. The molecule has 1 aliphatic heterocycles. The molecule has 0 unspecified atom stereocenters. The number of carbonyl (C=O) groups is 2. The van der Waals surface area contributed by atoms with Gasteiger partial charge in [0.15, 0.2) is 0 Å². The third-order valence-electron chi connectivity index (χ3n) is 4.79. The quantitative estimate of drug-likeness (QED) is 0.884. The zero-order valence-electron chi connectivity index (χ0n) is 11.8. The summed E-state index contributed by atoms with van der Waals surface area (Å²) in [6.45, 7) is 2.95. The molecular formula is C16H20N2O2. The van der Waals surface area contributed by atoms with E-state index in [-0.39, 0.29) is 11.8 Å². The Morgan fingerprint density at radius 1 is 1.40 bits per heavy atom. The van der Waals surface area contributed by atoms with Crippen molar-refractivity contribution in [3.05, 3.63) is 29.3 Å². The van der Waals surface area contributed by atoms with Crippen LogP contribution in [0.3, 0.4) is 0 Å². The van der Waals surface area contributed by atoms with Crippen molar-refractivity contribution in [2.75, 3.05) is 11.9 Å². The summed E-state index contributed by atoms with van der Waals surface area (Å²) < 4.78 is 0. The lowest BCUT2D eigenvalue weighted by molar-refractivity contribution is -0.115. The Labute approximate surface area is 118 Å². The second-order valence-corrected chi connectivity index (χ2v) is 5.99. The van der Waals surface area contributed by atoms with Crippen LogP contribution in [0.15, 0.2) is 18.2 Å². The summed E-state index contributed by atoms with van der Waals surface area (Å²) in [7, 11) is 0. The van der Waals surface area contributed by atoms with Crippen molar-refractivity contribution in [1.29, 1.82) is 0 Å². The smallest absolute Gasteiger partial charge is 0.251 e. The van der Waals surface area contributed by atoms with Gasteiger partial charge in [0.05, 0.1) is 6.42 Å². The van der Waals surface area contributed by atoms with Gasteiger partial charge in [0.2, 0.25) is 5.91 Å². The SMILES string of the molecule is CCC1(CNC(=O)c2ccc3c(c2)NC(=O)C3)CCC1. The van der Waals surface area contributed by atoms with Gasteiger partial charge in [-0.1, -0.05) is 19.4 Å². The van der Waals surface area contributed by atoms with Crippen LogP contribution >= 0.6 is 0 Å². The third kappa shape index (κ3) is 2.30. The first-order valence-electron chi connectivity index (χ1n) is 7.33. The van der Waals surface area contributed by atoms with Crippen LogP contribution in [0.4, 0.5) is 5.69 Å². The standard InChI is InChI=1S/C16H20N2O2/c1-2-16(6-3-7-16)10-17-15(20)12-5-4-11-9-14(19)18-13(11)8-12/h4-5,8H,2-3,6-7,9-10H2,1H3,(H,17,20)(H,18,19). The average Bonchev–Trinajstić information content (AvgIpc) is 2.76. The van der Waals surface area contributed by atoms with Gasteiger partial charge in [0.25, 0.3) is 5.91 Å². The zero-order valence-corrected chi connectivity index (χ0v) is 11.8. The van der Waals surface area contributed by atoms with E-state index in [2.05, 4.69) is 17.6 Å². The number of benzene rings is 1. The molecule has 2 N–H and O–H groups in total. The Hall–Kier alpha value is -1.84. The highest BCUT2D eigenvalue weighted by molar-refractivity contribution is 6.02. The predicted octanol–water partition coefficient (Wildman–Crippen LogP) is 2.49.